The van der Waals surface area contributed by atoms with Gasteiger partial charge in [0.25, 0.3) is 5.56 Å². The molecule has 1 N–H and O–H groups in total. The molecule has 0 aliphatic carbocycles. The number of carbonyl (C=O) groups excluding carboxylic acids is 1. The molecule has 0 spiro atoms. The molecule has 0 fully saturated rings. The molecule has 6 nitrogen and oxygen atoms in total. The lowest BCUT2D eigenvalue weighted by molar-refractivity contribution is 0.103. The van der Waals surface area contributed by atoms with E-state index in [0.29, 0.717) is 17.7 Å². The average Bonchev–Trinajstić information content (AvgIpc) is 3.16. The number of aromatic nitrogens is 3. The van der Waals surface area contributed by atoms with Gasteiger partial charge < -0.3 is 5.10 Å². The number of hydrogen-bond donors (Lipinski definition) is 1. The zero-order valence-corrected chi connectivity index (χ0v) is 15.7. The molecule has 2 heterocycles. The minimum atomic E-state index is -0.369. The van der Waals surface area contributed by atoms with E-state index in [1.807, 2.05) is 37.3 Å². The molecule has 0 amide bonds. The zero-order valence-electron chi connectivity index (χ0n) is 14.9. The highest BCUT2D eigenvalue weighted by Gasteiger charge is 2.21. The van der Waals surface area contributed by atoms with E-state index in [9.17, 15) is 14.4 Å². The van der Waals surface area contributed by atoms with Crippen LogP contribution < -0.4 is 10.4 Å². The number of thiazole rings is 1. The number of rotatable bonds is 4. The third-order valence-corrected chi connectivity index (χ3v) is 5.64. The Morgan fingerprint density at radius 3 is 2.48 bits per heavy atom. The van der Waals surface area contributed by atoms with Gasteiger partial charge in [0, 0.05) is 18.8 Å². The normalized spacial score (nSPS) is 11.2. The van der Waals surface area contributed by atoms with Crippen LogP contribution in [0.3, 0.4) is 0 Å². The van der Waals surface area contributed by atoms with Gasteiger partial charge in [-0.2, -0.15) is 0 Å². The molecule has 0 bridgehead atoms. The maximum atomic E-state index is 12.9. The Morgan fingerprint density at radius 1 is 1.07 bits per heavy atom. The van der Waals surface area contributed by atoms with Crippen molar-refractivity contribution in [2.45, 2.75) is 13.5 Å². The van der Waals surface area contributed by atoms with Crippen molar-refractivity contribution in [2.24, 2.45) is 7.05 Å². The average molecular weight is 379 g/mol. The summed E-state index contributed by atoms with van der Waals surface area (Å²) in [6, 6.07) is 13.2. The largest absolute Gasteiger partial charge is 0.308 e. The highest BCUT2D eigenvalue weighted by Crippen LogP contribution is 2.26. The van der Waals surface area contributed by atoms with E-state index in [1.165, 1.54) is 10.9 Å². The van der Waals surface area contributed by atoms with Crippen LogP contribution in [0.5, 0.6) is 0 Å². The third-order valence-electron chi connectivity index (χ3n) is 4.69. The second-order valence-corrected chi connectivity index (χ2v) is 7.40. The molecular formula is C20H17N3O3S. The van der Waals surface area contributed by atoms with E-state index in [1.54, 1.807) is 23.7 Å². The Labute approximate surface area is 158 Å². The van der Waals surface area contributed by atoms with Crippen molar-refractivity contribution in [3.63, 3.8) is 0 Å². The Hall–Kier alpha value is -3.19. The van der Waals surface area contributed by atoms with Crippen LogP contribution in [0.1, 0.15) is 27.0 Å². The maximum Gasteiger partial charge on any atom is 0.308 e. The molecule has 2 aromatic carbocycles. The second kappa shape index (κ2) is 6.51. The number of nitrogens with one attached hydrogen (secondary N) is 1. The van der Waals surface area contributed by atoms with Gasteiger partial charge in [-0.25, -0.2) is 0 Å². The van der Waals surface area contributed by atoms with Gasteiger partial charge in [-0.1, -0.05) is 41.7 Å². The summed E-state index contributed by atoms with van der Waals surface area (Å²) < 4.78 is 3.78. The highest BCUT2D eigenvalue weighted by molar-refractivity contribution is 7.16. The van der Waals surface area contributed by atoms with Crippen LogP contribution in [-0.4, -0.2) is 20.1 Å². The quantitative estimate of drug-likeness (QED) is 0.554. The SMILES string of the molecule is Cc1c(C(=O)c2c[nH]n(C)c2=O)ccc2sc(=O)n(Cc3ccccc3)c12. The Morgan fingerprint density at radius 2 is 1.81 bits per heavy atom. The number of nitrogens with zero attached hydrogens (tertiary/aromatic N) is 2. The van der Waals surface area contributed by atoms with Gasteiger partial charge in [-0.05, 0) is 30.2 Å². The number of carbonyl (C=O) groups is 1. The van der Waals surface area contributed by atoms with Crippen LogP contribution in [0, 0.1) is 6.92 Å². The van der Waals surface area contributed by atoms with Gasteiger partial charge >= 0.3 is 4.87 Å². The second-order valence-electron chi connectivity index (χ2n) is 6.40. The highest BCUT2D eigenvalue weighted by atomic mass is 32.1. The molecule has 4 rings (SSSR count). The zero-order chi connectivity index (χ0) is 19.1. The minimum Gasteiger partial charge on any atom is -0.302 e. The van der Waals surface area contributed by atoms with E-state index in [0.717, 1.165) is 27.1 Å². The fourth-order valence-corrected chi connectivity index (χ4v) is 4.21. The summed E-state index contributed by atoms with van der Waals surface area (Å²) in [5, 5.41) is 2.72. The first kappa shape index (κ1) is 17.2. The van der Waals surface area contributed by atoms with Crippen molar-refractivity contribution >= 4 is 27.3 Å². The van der Waals surface area contributed by atoms with Crippen molar-refractivity contribution in [3.05, 3.63) is 90.9 Å². The van der Waals surface area contributed by atoms with E-state index >= 15 is 0 Å². The lowest BCUT2D eigenvalue weighted by Gasteiger charge is -2.09. The molecule has 0 saturated carbocycles. The molecule has 27 heavy (non-hydrogen) atoms. The molecular weight excluding hydrogens is 362 g/mol. The van der Waals surface area contributed by atoms with E-state index in [2.05, 4.69) is 5.10 Å². The van der Waals surface area contributed by atoms with E-state index in [4.69, 9.17) is 0 Å². The summed E-state index contributed by atoms with van der Waals surface area (Å²) in [4.78, 5) is 37.5. The molecule has 0 aliphatic heterocycles. The van der Waals surface area contributed by atoms with Crippen molar-refractivity contribution in [2.75, 3.05) is 0 Å². The fourth-order valence-electron chi connectivity index (χ4n) is 3.26. The third kappa shape index (κ3) is 2.86. The molecule has 0 saturated heterocycles. The molecule has 2 aromatic heterocycles. The standard InChI is InChI=1S/C20H17N3O3S/c1-12-14(18(24)15-10-21-22(2)19(15)25)8-9-16-17(12)23(20(26)27-16)11-13-6-4-3-5-7-13/h3-10,21H,11H2,1-2H3. The van der Waals surface area contributed by atoms with E-state index < -0.39 is 0 Å². The number of H-pyrrole nitrogens is 1. The van der Waals surface area contributed by atoms with Gasteiger partial charge in [-0.15, -0.1) is 0 Å². The number of ketones is 1. The van der Waals surface area contributed by atoms with Crippen molar-refractivity contribution in [3.8, 4) is 0 Å². The molecule has 0 unspecified atom stereocenters. The fraction of sp³-hybridized carbons (Fsp3) is 0.150. The molecule has 0 atom stereocenters. The first-order valence-corrected chi connectivity index (χ1v) is 9.25. The van der Waals surface area contributed by atoms with Crippen LogP contribution in [0.15, 0.2) is 58.3 Å². The number of hydrogen-bond acceptors (Lipinski definition) is 4. The van der Waals surface area contributed by atoms with E-state index in [-0.39, 0.29) is 21.8 Å². The Kier molecular flexibility index (Phi) is 4.16. The predicted octanol–water partition coefficient (Wildman–Crippen LogP) is 2.68. The van der Waals surface area contributed by atoms with Gasteiger partial charge in [-0.3, -0.25) is 23.6 Å². The maximum absolute atomic E-state index is 12.9. The monoisotopic (exact) mass is 379 g/mol. The molecule has 0 aliphatic rings. The Bertz CT molecular complexity index is 1280. The van der Waals surface area contributed by atoms with Crippen molar-refractivity contribution < 1.29 is 4.79 Å². The molecule has 0 radical (unpaired) electrons. The number of benzene rings is 2. The number of fused-ring (bicyclic) bond motifs is 1. The van der Waals surface area contributed by atoms with Gasteiger partial charge in [0.1, 0.15) is 5.56 Å². The Balaban J connectivity index is 1.87. The minimum absolute atomic E-state index is 0.0703. The number of aromatic amines is 1. The van der Waals surface area contributed by atoms with Crippen LogP contribution in [-0.2, 0) is 13.6 Å². The summed E-state index contributed by atoms with van der Waals surface area (Å²) in [6.45, 7) is 2.25. The van der Waals surface area contributed by atoms with Crippen LogP contribution in [0.4, 0.5) is 0 Å². The summed E-state index contributed by atoms with van der Waals surface area (Å²) in [7, 11) is 1.56. The summed E-state index contributed by atoms with van der Waals surface area (Å²) in [6.07, 6.45) is 1.42. The number of aryl methyl sites for hydroxylation is 2. The first-order chi connectivity index (χ1) is 13.0. The van der Waals surface area contributed by atoms with Crippen LogP contribution >= 0.6 is 11.3 Å². The van der Waals surface area contributed by atoms with Crippen LogP contribution in [0.2, 0.25) is 0 Å². The topological polar surface area (TPSA) is 76.9 Å². The summed E-state index contributed by atoms with van der Waals surface area (Å²) in [5.41, 5.74) is 2.61. The predicted molar refractivity (Wildman–Crippen MR) is 106 cm³/mol. The smallest absolute Gasteiger partial charge is 0.302 e. The van der Waals surface area contributed by atoms with Crippen molar-refractivity contribution in [1.29, 1.82) is 0 Å². The molecule has 4 aromatic rings. The van der Waals surface area contributed by atoms with Gasteiger partial charge in [0.05, 0.1) is 16.8 Å². The van der Waals surface area contributed by atoms with Gasteiger partial charge in [0.2, 0.25) is 5.78 Å². The van der Waals surface area contributed by atoms with Crippen LogP contribution in [0.25, 0.3) is 10.2 Å². The summed E-state index contributed by atoms with van der Waals surface area (Å²) >= 11 is 1.16. The van der Waals surface area contributed by atoms with Crippen molar-refractivity contribution in [1.82, 2.24) is 14.3 Å². The molecule has 7 heteroatoms. The summed E-state index contributed by atoms with van der Waals surface area (Å²) in [5.74, 6) is -0.346. The first-order valence-electron chi connectivity index (χ1n) is 8.43. The lowest BCUT2D eigenvalue weighted by atomic mass is 10.00. The molecule has 136 valence electrons. The van der Waals surface area contributed by atoms with Gasteiger partial charge in [0.15, 0.2) is 0 Å². The lowest BCUT2D eigenvalue weighted by Crippen LogP contribution is -2.20.